The molecule has 0 bridgehead atoms. The Morgan fingerprint density at radius 1 is 1.43 bits per heavy atom. The molecule has 0 atom stereocenters. The maximum atomic E-state index is 12.4. The molecular weight excluding hydrogens is 310 g/mol. The Balaban J connectivity index is 2.03. The first-order valence-corrected chi connectivity index (χ1v) is 7.35. The lowest BCUT2D eigenvalue weighted by atomic mass is 10.1. The monoisotopic (exact) mass is 319 g/mol. The highest BCUT2D eigenvalue weighted by Gasteiger charge is 2.15. The number of nitrogens with zero attached hydrogens (tertiary/aromatic N) is 1. The lowest BCUT2D eigenvalue weighted by Gasteiger charge is -2.04. The quantitative estimate of drug-likeness (QED) is 0.761. The zero-order valence-corrected chi connectivity index (χ0v) is 12.5. The van der Waals surface area contributed by atoms with Crippen molar-refractivity contribution in [2.45, 2.75) is 6.92 Å². The standard InChI is InChI=1S/C14H10ClN3O2S/c1-7-6-21-14(17-7)18-13(20)9-5-16-11-8(12(9)19)3-2-4-10(11)15/h2-6H,1H3,(H,16,19)(H,17,18,20). The minimum absolute atomic E-state index is 0.0256. The minimum atomic E-state index is -0.493. The number of anilines is 1. The fourth-order valence-electron chi connectivity index (χ4n) is 1.96. The molecule has 21 heavy (non-hydrogen) atoms. The van der Waals surface area contributed by atoms with Crippen LogP contribution in [0.4, 0.5) is 5.13 Å². The third-order valence-corrected chi connectivity index (χ3v) is 4.14. The number of rotatable bonds is 2. The number of para-hydroxylation sites is 1. The van der Waals surface area contributed by atoms with Crippen molar-refractivity contribution >= 4 is 44.9 Å². The Hall–Kier alpha value is -2.18. The summed E-state index contributed by atoms with van der Waals surface area (Å²) in [4.78, 5) is 31.6. The Bertz CT molecular complexity index is 901. The molecule has 2 N–H and O–H groups in total. The van der Waals surface area contributed by atoms with Crippen LogP contribution in [-0.2, 0) is 0 Å². The van der Waals surface area contributed by atoms with Crippen LogP contribution in [0.3, 0.4) is 0 Å². The molecule has 0 aliphatic carbocycles. The number of fused-ring (bicyclic) bond motifs is 1. The maximum Gasteiger partial charge on any atom is 0.262 e. The van der Waals surface area contributed by atoms with Gasteiger partial charge in [-0.15, -0.1) is 11.3 Å². The number of aryl methyl sites for hydroxylation is 1. The van der Waals surface area contributed by atoms with Crippen LogP contribution in [0, 0.1) is 6.92 Å². The van der Waals surface area contributed by atoms with Crippen molar-refractivity contribution in [3.8, 4) is 0 Å². The van der Waals surface area contributed by atoms with E-state index in [9.17, 15) is 9.59 Å². The summed E-state index contributed by atoms with van der Waals surface area (Å²) in [6.45, 7) is 1.83. The van der Waals surface area contributed by atoms with Crippen molar-refractivity contribution in [1.82, 2.24) is 9.97 Å². The largest absolute Gasteiger partial charge is 0.359 e. The molecule has 2 heterocycles. The van der Waals surface area contributed by atoms with E-state index in [1.807, 2.05) is 12.3 Å². The fourth-order valence-corrected chi connectivity index (χ4v) is 2.87. The number of amides is 1. The van der Waals surface area contributed by atoms with Gasteiger partial charge in [-0.2, -0.15) is 0 Å². The summed E-state index contributed by atoms with van der Waals surface area (Å²) >= 11 is 7.32. The highest BCUT2D eigenvalue weighted by molar-refractivity contribution is 7.13. The number of aromatic nitrogens is 2. The number of hydrogen-bond donors (Lipinski definition) is 2. The van der Waals surface area contributed by atoms with Crippen LogP contribution in [0.2, 0.25) is 5.02 Å². The average molecular weight is 320 g/mol. The van der Waals surface area contributed by atoms with E-state index in [2.05, 4.69) is 15.3 Å². The molecule has 0 saturated carbocycles. The molecule has 7 heteroatoms. The molecular formula is C14H10ClN3O2S. The molecule has 0 spiro atoms. The van der Waals surface area contributed by atoms with Crippen LogP contribution in [0.5, 0.6) is 0 Å². The number of halogens is 1. The number of carbonyl (C=O) groups excluding carboxylic acids is 1. The zero-order valence-electron chi connectivity index (χ0n) is 10.9. The summed E-state index contributed by atoms with van der Waals surface area (Å²) in [5.74, 6) is -0.493. The maximum absolute atomic E-state index is 12.4. The first-order valence-electron chi connectivity index (χ1n) is 6.09. The predicted molar refractivity (Wildman–Crippen MR) is 84.4 cm³/mol. The summed E-state index contributed by atoms with van der Waals surface area (Å²) in [7, 11) is 0. The van der Waals surface area contributed by atoms with E-state index < -0.39 is 5.91 Å². The molecule has 0 fully saturated rings. The molecule has 106 valence electrons. The molecule has 1 amide bonds. The predicted octanol–water partition coefficient (Wildman–Crippen LogP) is 3.20. The summed E-state index contributed by atoms with van der Waals surface area (Å²) in [5.41, 5.74) is 0.995. The van der Waals surface area contributed by atoms with Crippen LogP contribution >= 0.6 is 22.9 Å². The van der Waals surface area contributed by atoms with Crippen molar-refractivity contribution in [3.63, 3.8) is 0 Å². The van der Waals surface area contributed by atoms with Gasteiger partial charge in [0.15, 0.2) is 5.13 Å². The van der Waals surface area contributed by atoms with Crippen molar-refractivity contribution in [2.24, 2.45) is 0 Å². The van der Waals surface area contributed by atoms with E-state index in [0.717, 1.165) is 5.69 Å². The van der Waals surface area contributed by atoms with E-state index in [1.54, 1.807) is 18.2 Å². The second-order valence-corrected chi connectivity index (χ2v) is 5.71. The van der Waals surface area contributed by atoms with Crippen LogP contribution < -0.4 is 10.7 Å². The Kier molecular flexibility index (Phi) is 3.48. The average Bonchev–Trinajstić information content (AvgIpc) is 2.85. The van der Waals surface area contributed by atoms with Crippen LogP contribution in [0.1, 0.15) is 16.1 Å². The summed E-state index contributed by atoms with van der Waals surface area (Å²) in [5, 5.41) is 5.71. The number of hydrogen-bond acceptors (Lipinski definition) is 4. The molecule has 3 rings (SSSR count). The number of thiazole rings is 1. The minimum Gasteiger partial charge on any atom is -0.359 e. The number of benzene rings is 1. The third-order valence-electron chi connectivity index (χ3n) is 2.95. The number of carbonyl (C=O) groups is 1. The first-order chi connectivity index (χ1) is 10.1. The van der Waals surface area contributed by atoms with Crippen LogP contribution in [0.15, 0.2) is 34.6 Å². The highest BCUT2D eigenvalue weighted by atomic mass is 35.5. The topological polar surface area (TPSA) is 74.8 Å². The van der Waals surface area contributed by atoms with Gasteiger partial charge in [0.1, 0.15) is 5.56 Å². The molecule has 5 nitrogen and oxygen atoms in total. The number of aromatic amines is 1. The molecule has 0 radical (unpaired) electrons. The number of pyridine rings is 1. The van der Waals surface area contributed by atoms with Gasteiger partial charge in [0, 0.05) is 17.0 Å². The van der Waals surface area contributed by atoms with Crippen molar-refractivity contribution in [3.05, 3.63) is 56.3 Å². The molecule has 0 unspecified atom stereocenters. The molecule has 0 aliphatic rings. The van der Waals surface area contributed by atoms with Gasteiger partial charge in [0.05, 0.1) is 16.2 Å². The van der Waals surface area contributed by atoms with Gasteiger partial charge >= 0.3 is 0 Å². The lowest BCUT2D eigenvalue weighted by molar-refractivity contribution is 0.102. The molecule has 0 aliphatic heterocycles. The van der Waals surface area contributed by atoms with Gasteiger partial charge in [0.2, 0.25) is 5.43 Å². The van der Waals surface area contributed by atoms with Crippen LogP contribution in [-0.4, -0.2) is 15.9 Å². The van der Waals surface area contributed by atoms with E-state index in [0.29, 0.717) is 21.1 Å². The second-order valence-electron chi connectivity index (χ2n) is 4.44. The summed E-state index contributed by atoms with van der Waals surface area (Å²) < 4.78 is 0. The normalized spacial score (nSPS) is 10.8. The van der Waals surface area contributed by atoms with Gasteiger partial charge in [-0.05, 0) is 19.1 Å². The summed E-state index contributed by atoms with van der Waals surface area (Å²) in [6, 6.07) is 4.98. The molecule has 2 aromatic heterocycles. The molecule has 1 aromatic carbocycles. The van der Waals surface area contributed by atoms with Gasteiger partial charge < -0.3 is 4.98 Å². The van der Waals surface area contributed by atoms with Gasteiger partial charge in [0.25, 0.3) is 5.91 Å². The second kappa shape index (κ2) is 5.31. The van der Waals surface area contributed by atoms with Crippen molar-refractivity contribution < 1.29 is 4.79 Å². The molecule has 0 saturated heterocycles. The first kappa shape index (κ1) is 13.8. The van der Waals surface area contributed by atoms with Gasteiger partial charge in [-0.1, -0.05) is 17.7 Å². The SMILES string of the molecule is Cc1csc(NC(=O)c2c[nH]c3c(Cl)cccc3c2=O)n1. The van der Waals surface area contributed by atoms with E-state index in [-0.39, 0.29) is 11.0 Å². The lowest BCUT2D eigenvalue weighted by Crippen LogP contribution is -2.21. The number of H-pyrrole nitrogens is 1. The smallest absolute Gasteiger partial charge is 0.262 e. The zero-order chi connectivity index (χ0) is 15.0. The Labute approximate surface area is 128 Å². The van der Waals surface area contributed by atoms with Gasteiger partial charge in [-0.25, -0.2) is 4.98 Å². The Morgan fingerprint density at radius 3 is 2.95 bits per heavy atom. The van der Waals surface area contributed by atoms with E-state index in [4.69, 9.17) is 11.6 Å². The molecule has 3 aromatic rings. The van der Waals surface area contributed by atoms with Crippen molar-refractivity contribution in [2.75, 3.05) is 5.32 Å². The van der Waals surface area contributed by atoms with E-state index >= 15 is 0 Å². The highest BCUT2D eigenvalue weighted by Crippen LogP contribution is 2.19. The fraction of sp³-hybridized carbons (Fsp3) is 0.0714. The van der Waals surface area contributed by atoms with Crippen molar-refractivity contribution in [1.29, 1.82) is 0 Å². The Morgan fingerprint density at radius 2 is 2.24 bits per heavy atom. The number of nitrogens with one attached hydrogen (secondary N) is 2. The van der Waals surface area contributed by atoms with Crippen LogP contribution in [0.25, 0.3) is 10.9 Å². The summed E-state index contributed by atoms with van der Waals surface area (Å²) in [6.07, 6.45) is 1.37. The third kappa shape index (κ3) is 2.55. The van der Waals surface area contributed by atoms with E-state index in [1.165, 1.54) is 17.5 Å². The van der Waals surface area contributed by atoms with Gasteiger partial charge in [-0.3, -0.25) is 14.9 Å².